The van der Waals surface area contributed by atoms with Crippen molar-refractivity contribution in [2.24, 2.45) is 5.92 Å². The topological polar surface area (TPSA) is 32.3 Å². The van der Waals surface area contributed by atoms with E-state index in [0.29, 0.717) is 0 Å². The van der Waals surface area contributed by atoms with Gasteiger partial charge < -0.3 is 10.2 Å². The van der Waals surface area contributed by atoms with E-state index in [2.05, 4.69) is 24.2 Å². The molecule has 1 aliphatic rings. The van der Waals surface area contributed by atoms with Gasteiger partial charge in [0.1, 0.15) is 0 Å². The summed E-state index contributed by atoms with van der Waals surface area (Å²) in [4.78, 5) is 14.2. The van der Waals surface area contributed by atoms with Crippen LogP contribution in [0.3, 0.4) is 0 Å². The van der Waals surface area contributed by atoms with Crippen LogP contribution < -0.4 is 5.32 Å². The predicted octanol–water partition coefficient (Wildman–Crippen LogP) is 2.37. The van der Waals surface area contributed by atoms with Crippen LogP contribution in [0.1, 0.15) is 39.0 Å². The predicted molar refractivity (Wildman–Crippen MR) is 80.1 cm³/mol. The number of nitrogens with one attached hydrogen (secondary N) is 1. The Balaban J connectivity index is 1.96. The normalized spacial score (nSPS) is 17.9. The highest BCUT2D eigenvalue weighted by Crippen LogP contribution is 2.15. The molecule has 1 heterocycles. The molecule has 1 rings (SSSR count). The molecule has 0 aromatic heterocycles. The molecule has 1 aliphatic heterocycles. The van der Waals surface area contributed by atoms with E-state index in [1.54, 1.807) is 0 Å². The van der Waals surface area contributed by atoms with E-state index in [-0.39, 0.29) is 11.8 Å². The quantitative estimate of drug-likeness (QED) is 0.689. The van der Waals surface area contributed by atoms with E-state index in [1.165, 1.54) is 24.3 Å². The molecule has 0 unspecified atom stereocenters. The molecule has 3 nitrogen and oxygen atoms in total. The molecule has 0 radical (unpaired) electrons. The molecule has 106 valence electrons. The molecule has 0 saturated carbocycles. The summed E-state index contributed by atoms with van der Waals surface area (Å²) < 4.78 is 0. The SMILES string of the molecule is CCCCSCCCNC(=O)C1CCN(C)CC1. The Bertz CT molecular complexity index is 228. The first-order chi connectivity index (χ1) is 8.74. The van der Waals surface area contributed by atoms with Crippen molar-refractivity contribution in [3.05, 3.63) is 0 Å². The van der Waals surface area contributed by atoms with Crippen molar-refractivity contribution in [1.29, 1.82) is 0 Å². The lowest BCUT2D eigenvalue weighted by Gasteiger charge is -2.28. The third-order valence-corrected chi connectivity index (χ3v) is 4.65. The monoisotopic (exact) mass is 272 g/mol. The van der Waals surface area contributed by atoms with E-state index < -0.39 is 0 Å². The maximum atomic E-state index is 11.9. The third kappa shape index (κ3) is 6.64. The highest BCUT2D eigenvalue weighted by atomic mass is 32.2. The van der Waals surface area contributed by atoms with Gasteiger partial charge in [0, 0.05) is 12.5 Å². The van der Waals surface area contributed by atoms with Gasteiger partial charge in [0.25, 0.3) is 0 Å². The van der Waals surface area contributed by atoms with Gasteiger partial charge in [-0.2, -0.15) is 11.8 Å². The Labute approximate surface area is 116 Å². The first-order valence-corrected chi connectivity index (χ1v) is 8.43. The number of amides is 1. The number of carbonyl (C=O) groups is 1. The zero-order chi connectivity index (χ0) is 13.2. The fourth-order valence-electron chi connectivity index (χ4n) is 2.15. The summed E-state index contributed by atoms with van der Waals surface area (Å²) >= 11 is 2.01. The van der Waals surface area contributed by atoms with E-state index in [1.807, 2.05) is 11.8 Å². The number of nitrogens with zero attached hydrogens (tertiary/aromatic N) is 1. The minimum atomic E-state index is 0.258. The average Bonchev–Trinajstić information content (AvgIpc) is 2.38. The first kappa shape index (κ1) is 15.8. The van der Waals surface area contributed by atoms with Gasteiger partial charge in [0.2, 0.25) is 5.91 Å². The van der Waals surface area contributed by atoms with E-state index in [4.69, 9.17) is 0 Å². The van der Waals surface area contributed by atoms with Crippen LogP contribution >= 0.6 is 11.8 Å². The number of thioether (sulfide) groups is 1. The van der Waals surface area contributed by atoms with Gasteiger partial charge in [-0.3, -0.25) is 4.79 Å². The van der Waals surface area contributed by atoms with Crippen LogP contribution in [0.15, 0.2) is 0 Å². The van der Waals surface area contributed by atoms with Gasteiger partial charge in [0.05, 0.1) is 0 Å². The second-order valence-electron chi connectivity index (χ2n) is 5.19. The second kappa shape index (κ2) is 9.68. The molecule has 1 fully saturated rings. The molecule has 18 heavy (non-hydrogen) atoms. The Hall–Kier alpha value is -0.220. The van der Waals surface area contributed by atoms with Gasteiger partial charge in [0.15, 0.2) is 0 Å². The number of carbonyl (C=O) groups excluding carboxylic acids is 1. The number of hydrogen-bond acceptors (Lipinski definition) is 3. The number of hydrogen-bond donors (Lipinski definition) is 1. The summed E-state index contributed by atoms with van der Waals surface area (Å²) in [7, 11) is 2.13. The van der Waals surface area contributed by atoms with Crippen LogP contribution in [-0.2, 0) is 4.79 Å². The van der Waals surface area contributed by atoms with Gasteiger partial charge in [-0.25, -0.2) is 0 Å². The van der Waals surface area contributed by atoms with Gasteiger partial charge in [-0.05, 0) is 57.3 Å². The number of unbranched alkanes of at least 4 members (excludes halogenated alkanes) is 1. The minimum Gasteiger partial charge on any atom is -0.356 e. The van der Waals surface area contributed by atoms with Crippen LogP contribution in [0.4, 0.5) is 0 Å². The van der Waals surface area contributed by atoms with Crippen molar-refractivity contribution >= 4 is 17.7 Å². The van der Waals surface area contributed by atoms with Gasteiger partial charge in [-0.15, -0.1) is 0 Å². The van der Waals surface area contributed by atoms with Crippen molar-refractivity contribution in [2.75, 3.05) is 38.2 Å². The van der Waals surface area contributed by atoms with Gasteiger partial charge in [-0.1, -0.05) is 13.3 Å². The lowest BCUT2D eigenvalue weighted by molar-refractivity contribution is -0.126. The average molecular weight is 272 g/mol. The van der Waals surface area contributed by atoms with Crippen molar-refractivity contribution < 1.29 is 4.79 Å². The Kier molecular flexibility index (Phi) is 8.51. The van der Waals surface area contributed by atoms with Crippen molar-refractivity contribution in [3.8, 4) is 0 Å². The second-order valence-corrected chi connectivity index (χ2v) is 6.41. The summed E-state index contributed by atoms with van der Waals surface area (Å²) in [6.07, 6.45) is 5.74. The molecule has 1 N–H and O–H groups in total. The molecular formula is C14H28N2OS. The van der Waals surface area contributed by atoms with E-state index in [9.17, 15) is 4.79 Å². The summed E-state index contributed by atoms with van der Waals surface area (Å²) in [5, 5.41) is 3.09. The fraction of sp³-hybridized carbons (Fsp3) is 0.929. The molecule has 1 saturated heterocycles. The number of piperidine rings is 1. The highest BCUT2D eigenvalue weighted by Gasteiger charge is 2.22. The lowest BCUT2D eigenvalue weighted by atomic mass is 9.96. The largest absolute Gasteiger partial charge is 0.356 e. The first-order valence-electron chi connectivity index (χ1n) is 7.28. The molecule has 0 spiro atoms. The lowest BCUT2D eigenvalue weighted by Crippen LogP contribution is -2.39. The van der Waals surface area contributed by atoms with Crippen LogP contribution in [0, 0.1) is 5.92 Å². The van der Waals surface area contributed by atoms with E-state index in [0.717, 1.165) is 38.9 Å². The Morgan fingerprint density at radius 2 is 1.94 bits per heavy atom. The zero-order valence-electron chi connectivity index (χ0n) is 11.9. The van der Waals surface area contributed by atoms with Gasteiger partial charge >= 0.3 is 0 Å². The molecular weight excluding hydrogens is 244 g/mol. The molecule has 0 aromatic rings. The van der Waals surface area contributed by atoms with Crippen LogP contribution in [0.25, 0.3) is 0 Å². The molecule has 0 atom stereocenters. The Morgan fingerprint density at radius 3 is 2.61 bits per heavy atom. The van der Waals surface area contributed by atoms with Crippen molar-refractivity contribution in [1.82, 2.24) is 10.2 Å². The highest BCUT2D eigenvalue weighted by molar-refractivity contribution is 7.99. The number of likely N-dealkylation sites (tertiary alicyclic amines) is 1. The van der Waals surface area contributed by atoms with Crippen LogP contribution in [0.2, 0.25) is 0 Å². The molecule has 0 bridgehead atoms. The Morgan fingerprint density at radius 1 is 1.28 bits per heavy atom. The summed E-state index contributed by atoms with van der Waals surface area (Å²) in [5.41, 5.74) is 0. The fourth-order valence-corrected chi connectivity index (χ4v) is 3.19. The third-order valence-electron chi connectivity index (χ3n) is 3.50. The van der Waals surface area contributed by atoms with Crippen molar-refractivity contribution in [2.45, 2.75) is 39.0 Å². The smallest absolute Gasteiger partial charge is 0.223 e. The van der Waals surface area contributed by atoms with Crippen LogP contribution in [0.5, 0.6) is 0 Å². The molecule has 0 aliphatic carbocycles. The summed E-state index contributed by atoms with van der Waals surface area (Å²) in [5.74, 6) is 2.98. The molecule has 1 amide bonds. The standard InChI is InChI=1S/C14H28N2OS/c1-3-4-11-18-12-5-8-15-14(17)13-6-9-16(2)10-7-13/h13H,3-12H2,1-2H3,(H,15,17). The number of rotatable bonds is 8. The van der Waals surface area contributed by atoms with E-state index >= 15 is 0 Å². The zero-order valence-corrected chi connectivity index (χ0v) is 12.7. The summed E-state index contributed by atoms with van der Waals surface area (Å²) in [6, 6.07) is 0. The van der Waals surface area contributed by atoms with Crippen LogP contribution in [-0.4, -0.2) is 49.0 Å². The maximum absolute atomic E-state index is 11.9. The minimum absolute atomic E-state index is 0.258. The maximum Gasteiger partial charge on any atom is 0.223 e. The molecule has 4 heteroatoms. The summed E-state index contributed by atoms with van der Waals surface area (Å²) in [6.45, 7) is 5.20. The molecule has 0 aromatic carbocycles. The van der Waals surface area contributed by atoms with Crippen molar-refractivity contribution in [3.63, 3.8) is 0 Å².